The Hall–Kier alpha value is -1.80. The second kappa shape index (κ2) is 6.10. The average Bonchev–Trinajstić information content (AvgIpc) is 3.01. The van der Waals surface area contributed by atoms with Gasteiger partial charge in [-0.05, 0) is 49.2 Å². The molecule has 1 heterocycles. The summed E-state index contributed by atoms with van der Waals surface area (Å²) in [6.45, 7) is 3.40. The largest absolute Gasteiger partial charge is 0.496 e. The molecule has 0 saturated carbocycles. The molecule has 20 heavy (non-hydrogen) atoms. The van der Waals surface area contributed by atoms with Crippen molar-refractivity contribution in [3.05, 3.63) is 54.1 Å². The summed E-state index contributed by atoms with van der Waals surface area (Å²) in [7, 11) is 1.75. The number of likely N-dealkylation sites (tertiary alicyclic amines) is 1. The predicted octanol–water partition coefficient (Wildman–Crippen LogP) is 3.96. The maximum absolute atomic E-state index is 5.52. The van der Waals surface area contributed by atoms with Gasteiger partial charge in [-0.2, -0.15) is 0 Å². The van der Waals surface area contributed by atoms with Gasteiger partial charge in [0.1, 0.15) is 5.75 Å². The fourth-order valence-electron chi connectivity index (χ4n) is 2.89. The second-order valence-electron chi connectivity index (χ2n) is 5.38. The molecule has 2 aromatic carbocycles. The third-order valence-corrected chi connectivity index (χ3v) is 3.98. The Morgan fingerprint density at radius 2 is 1.70 bits per heavy atom. The van der Waals surface area contributed by atoms with Crippen molar-refractivity contribution in [2.75, 3.05) is 20.2 Å². The van der Waals surface area contributed by atoms with Gasteiger partial charge in [0.25, 0.3) is 0 Å². The van der Waals surface area contributed by atoms with E-state index in [0.29, 0.717) is 0 Å². The number of ether oxygens (including phenoxy) is 1. The van der Waals surface area contributed by atoms with Crippen molar-refractivity contribution in [1.29, 1.82) is 0 Å². The van der Waals surface area contributed by atoms with Crippen LogP contribution >= 0.6 is 0 Å². The second-order valence-corrected chi connectivity index (χ2v) is 5.38. The van der Waals surface area contributed by atoms with E-state index in [4.69, 9.17) is 4.74 Å². The molecule has 0 unspecified atom stereocenters. The standard InChI is InChI=1S/C18H21NO/c1-20-18-10-9-16(15-7-3-2-4-8-15)13-17(18)14-19-11-5-6-12-19/h2-4,7-10,13H,5-6,11-12,14H2,1H3. The van der Waals surface area contributed by atoms with Crippen molar-refractivity contribution < 1.29 is 4.74 Å². The molecule has 104 valence electrons. The zero-order valence-electron chi connectivity index (χ0n) is 12.0. The van der Waals surface area contributed by atoms with E-state index in [2.05, 4.69) is 53.4 Å². The van der Waals surface area contributed by atoms with Crippen LogP contribution in [-0.4, -0.2) is 25.1 Å². The van der Waals surface area contributed by atoms with E-state index in [1.54, 1.807) is 7.11 Å². The maximum atomic E-state index is 5.52. The van der Waals surface area contributed by atoms with Crippen LogP contribution in [0.15, 0.2) is 48.5 Å². The Kier molecular flexibility index (Phi) is 4.03. The lowest BCUT2D eigenvalue weighted by Crippen LogP contribution is -2.18. The first kappa shape index (κ1) is 13.2. The summed E-state index contributed by atoms with van der Waals surface area (Å²) in [5, 5.41) is 0. The van der Waals surface area contributed by atoms with Crippen molar-refractivity contribution in [1.82, 2.24) is 4.90 Å². The Morgan fingerprint density at radius 1 is 0.950 bits per heavy atom. The third-order valence-electron chi connectivity index (χ3n) is 3.98. The first-order chi connectivity index (χ1) is 9.86. The highest BCUT2D eigenvalue weighted by Crippen LogP contribution is 2.28. The van der Waals surface area contributed by atoms with E-state index in [-0.39, 0.29) is 0 Å². The quantitative estimate of drug-likeness (QED) is 0.831. The number of nitrogens with zero attached hydrogens (tertiary/aromatic N) is 1. The fraction of sp³-hybridized carbons (Fsp3) is 0.333. The van der Waals surface area contributed by atoms with Gasteiger partial charge in [-0.1, -0.05) is 36.4 Å². The van der Waals surface area contributed by atoms with Gasteiger partial charge in [0.2, 0.25) is 0 Å². The Bertz CT molecular complexity index is 559. The van der Waals surface area contributed by atoms with E-state index in [1.165, 1.54) is 42.6 Å². The molecule has 0 amide bonds. The monoisotopic (exact) mass is 267 g/mol. The number of methoxy groups -OCH3 is 1. The molecule has 0 aliphatic carbocycles. The first-order valence-electron chi connectivity index (χ1n) is 7.31. The van der Waals surface area contributed by atoms with E-state index in [1.807, 2.05) is 0 Å². The van der Waals surface area contributed by atoms with Crippen molar-refractivity contribution in [2.45, 2.75) is 19.4 Å². The lowest BCUT2D eigenvalue weighted by Gasteiger charge is -2.18. The normalized spacial score (nSPS) is 15.4. The van der Waals surface area contributed by atoms with Gasteiger partial charge >= 0.3 is 0 Å². The fourth-order valence-corrected chi connectivity index (χ4v) is 2.89. The van der Waals surface area contributed by atoms with Crippen molar-refractivity contribution in [3.8, 4) is 16.9 Å². The summed E-state index contributed by atoms with van der Waals surface area (Å²) < 4.78 is 5.52. The van der Waals surface area contributed by atoms with E-state index >= 15 is 0 Å². The average molecular weight is 267 g/mol. The number of benzene rings is 2. The Labute approximate surface area is 121 Å². The highest BCUT2D eigenvalue weighted by molar-refractivity contribution is 5.65. The third kappa shape index (κ3) is 2.86. The minimum atomic E-state index is 0.990. The topological polar surface area (TPSA) is 12.5 Å². The lowest BCUT2D eigenvalue weighted by molar-refractivity contribution is 0.321. The number of hydrogen-bond acceptors (Lipinski definition) is 2. The van der Waals surface area contributed by atoms with Gasteiger partial charge in [0.05, 0.1) is 7.11 Å². The molecule has 0 aromatic heterocycles. The van der Waals surface area contributed by atoms with E-state index in [9.17, 15) is 0 Å². The summed E-state index contributed by atoms with van der Waals surface area (Å²) in [4.78, 5) is 2.51. The molecule has 1 saturated heterocycles. The highest BCUT2D eigenvalue weighted by atomic mass is 16.5. The molecular formula is C18H21NO. The van der Waals surface area contributed by atoms with Gasteiger partial charge in [-0.25, -0.2) is 0 Å². The molecule has 1 aliphatic heterocycles. The minimum absolute atomic E-state index is 0.990. The first-order valence-corrected chi connectivity index (χ1v) is 7.31. The zero-order chi connectivity index (χ0) is 13.8. The van der Waals surface area contributed by atoms with Crippen LogP contribution in [0.5, 0.6) is 5.75 Å². The van der Waals surface area contributed by atoms with Crippen LogP contribution in [0.25, 0.3) is 11.1 Å². The van der Waals surface area contributed by atoms with Crippen LogP contribution in [-0.2, 0) is 6.54 Å². The van der Waals surface area contributed by atoms with Crippen LogP contribution in [0, 0.1) is 0 Å². The predicted molar refractivity (Wildman–Crippen MR) is 82.9 cm³/mol. The molecule has 2 nitrogen and oxygen atoms in total. The van der Waals surface area contributed by atoms with Gasteiger partial charge < -0.3 is 4.74 Å². The molecule has 0 atom stereocenters. The van der Waals surface area contributed by atoms with Gasteiger partial charge in [0.15, 0.2) is 0 Å². The SMILES string of the molecule is COc1ccc(-c2ccccc2)cc1CN1CCCC1. The smallest absolute Gasteiger partial charge is 0.123 e. The lowest BCUT2D eigenvalue weighted by atomic mass is 10.0. The molecule has 2 aromatic rings. The molecule has 0 bridgehead atoms. The summed E-state index contributed by atoms with van der Waals surface area (Å²) in [5.74, 6) is 0.997. The molecule has 0 N–H and O–H groups in total. The summed E-state index contributed by atoms with van der Waals surface area (Å²) in [6, 6.07) is 17.0. The molecule has 1 aliphatic rings. The van der Waals surface area contributed by atoms with Crippen LogP contribution in [0.4, 0.5) is 0 Å². The van der Waals surface area contributed by atoms with E-state index < -0.39 is 0 Å². The van der Waals surface area contributed by atoms with Gasteiger partial charge in [-0.15, -0.1) is 0 Å². The maximum Gasteiger partial charge on any atom is 0.123 e. The molecule has 0 spiro atoms. The molecule has 1 fully saturated rings. The van der Waals surface area contributed by atoms with Crippen molar-refractivity contribution >= 4 is 0 Å². The summed E-state index contributed by atoms with van der Waals surface area (Å²) in [5.41, 5.74) is 3.81. The van der Waals surface area contributed by atoms with Gasteiger partial charge in [-0.3, -0.25) is 4.90 Å². The van der Waals surface area contributed by atoms with Crippen molar-refractivity contribution in [3.63, 3.8) is 0 Å². The molecule has 0 radical (unpaired) electrons. The van der Waals surface area contributed by atoms with Crippen molar-refractivity contribution in [2.24, 2.45) is 0 Å². The van der Waals surface area contributed by atoms with Crippen LogP contribution in [0.3, 0.4) is 0 Å². The van der Waals surface area contributed by atoms with Gasteiger partial charge in [0, 0.05) is 12.1 Å². The van der Waals surface area contributed by atoms with Crippen LogP contribution < -0.4 is 4.74 Å². The van der Waals surface area contributed by atoms with E-state index in [0.717, 1.165) is 12.3 Å². The molecule has 3 rings (SSSR count). The zero-order valence-corrected chi connectivity index (χ0v) is 12.0. The summed E-state index contributed by atoms with van der Waals surface area (Å²) >= 11 is 0. The van der Waals surface area contributed by atoms with Crippen LogP contribution in [0.2, 0.25) is 0 Å². The molecular weight excluding hydrogens is 246 g/mol. The number of rotatable bonds is 4. The molecule has 2 heteroatoms. The Balaban J connectivity index is 1.90. The minimum Gasteiger partial charge on any atom is -0.496 e. The van der Waals surface area contributed by atoms with Crippen LogP contribution in [0.1, 0.15) is 18.4 Å². The Morgan fingerprint density at radius 3 is 2.40 bits per heavy atom. The number of hydrogen-bond donors (Lipinski definition) is 0. The summed E-state index contributed by atoms with van der Waals surface area (Å²) in [6.07, 6.45) is 2.64. The highest BCUT2D eigenvalue weighted by Gasteiger charge is 2.14.